The number of thiocarbonyl (C=S) groups is 1. The third-order valence-corrected chi connectivity index (χ3v) is 3.73. The highest BCUT2D eigenvalue weighted by Gasteiger charge is 2.16. The number of carbonyl (C=O) groups excluding carboxylic acids is 1. The Labute approximate surface area is 130 Å². The number of anilines is 1. The van der Waals surface area contributed by atoms with Crippen molar-refractivity contribution in [3.63, 3.8) is 0 Å². The minimum atomic E-state index is 0.00741. The molecule has 2 rings (SSSR count). The van der Waals surface area contributed by atoms with E-state index in [0.717, 1.165) is 16.8 Å². The smallest absolute Gasteiger partial charge is 0.231 e. The molecular weight excluding hydrogens is 280 g/mol. The van der Waals surface area contributed by atoms with Crippen LogP contribution in [-0.2, 0) is 11.2 Å². The fraction of sp³-hybridized carbons (Fsp3) is 0.176. The third kappa shape index (κ3) is 3.47. The van der Waals surface area contributed by atoms with Gasteiger partial charge in [-0.3, -0.25) is 4.79 Å². The highest BCUT2D eigenvalue weighted by molar-refractivity contribution is 7.80. The van der Waals surface area contributed by atoms with Crippen LogP contribution in [0.3, 0.4) is 0 Å². The summed E-state index contributed by atoms with van der Waals surface area (Å²) in [6, 6.07) is 15.3. The molecule has 0 aromatic heterocycles. The first kappa shape index (κ1) is 15.2. The highest BCUT2D eigenvalue weighted by Crippen LogP contribution is 2.20. The number of likely N-dealkylation sites (N-methyl/N-ethyl adjacent to an activating group) is 1. The van der Waals surface area contributed by atoms with Crippen LogP contribution in [0.1, 0.15) is 16.7 Å². The third-order valence-electron chi connectivity index (χ3n) is 3.51. The zero-order chi connectivity index (χ0) is 15.4. The summed E-state index contributed by atoms with van der Waals surface area (Å²) in [7, 11) is 1.75. The quantitative estimate of drug-likeness (QED) is 0.883. The van der Waals surface area contributed by atoms with Crippen LogP contribution in [0, 0.1) is 6.92 Å². The predicted octanol–water partition coefficient (Wildman–Crippen LogP) is 2.83. The summed E-state index contributed by atoms with van der Waals surface area (Å²) < 4.78 is 0. The Kier molecular flexibility index (Phi) is 4.70. The van der Waals surface area contributed by atoms with E-state index in [4.69, 9.17) is 18.0 Å². The summed E-state index contributed by atoms with van der Waals surface area (Å²) in [6.07, 6.45) is 0.356. The Morgan fingerprint density at radius 2 is 1.76 bits per heavy atom. The van der Waals surface area contributed by atoms with Crippen LogP contribution in [-0.4, -0.2) is 17.9 Å². The summed E-state index contributed by atoms with van der Waals surface area (Å²) >= 11 is 5.05. The van der Waals surface area contributed by atoms with Crippen LogP contribution in [0.15, 0.2) is 48.5 Å². The summed E-state index contributed by atoms with van der Waals surface area (Å²) in [5, 5.41) is 0. The van der Waals surface area contributed by atoms with E-state index in [1.54, 1.807) is 11.9 Å². The Morgan fingerprint density at radius 1 is 1.14 bits per heavy atom. The van der Waals surface area contributed by atoms with Crippen molar-refractivity contribution in [2.45, 2.75) is 13.3 Å². The molecule has 0 saturated carbocycles. The van der Waals surface area contributed by atoms with Gasteiger partial charge < -0.3 is 10.6 Å². The number of nitrogens with two attached hydrogens (primary N) is 1. The average molecular weight is 298 g/mol. The van der Waals surface area contributed by atoms with Crippen molar-refractivity contribution < 1.29 is 4.79 Å². The second-order valence-electron chi connectivity index (χ2n) is 4.94. The fourth-order valence-electron chi connectivity index (χ4n) is 2.20. The second-order valence-corrected chi connectivity index (χ2v) is 5.38. The van der Waals surface area contributed by atoms with E-state index in [1.807, 2.05) is 55.5 Å². The maximum Gasteiger partial charge on any atom is 0.231 e. The monoisotopic (exact) mass is 298 g/mol. The second kappa shape index (κ2) is 6.50. The molecule has 21 heavy (non-hydrogen) atoms. The minimum Gasteiger partial charge on any atom is -0.389 e. The lowest BCUT2D eigenvalue weighted by Crippen LogP contribution is -2.30. The predicted molar refractivity (Wildman–Crippen MR) is 90.6 cm³/mol. The van der Waals surface area contributed by atoms with Gasteiger partial charge in [0.2, 0.25) is 5.91 Å². The zero-order valence-corrected chi connectivity index (χ0v) is 13.0. The molecule has 0 fully saturated rings. The van der Waals surface area contributed by atoms with Crippen LogP contribution in [0.5, 0.6) is 0 Å². The van der Waals surface area contributed by atoms with Gasteiger partial charge in [-0.1, -0.05) is 48.6 Å². The average Bonchev–Trinajstić information content (AvgIpc) is 2.48. The van der Waals surface area contributed by atoms with E-state index < -0.39 is 0 Å². The van der Waals surface area contributed by atoms with Gasteiger partial charge in [-0.2, -0.15) is 0 Å². The Balaban J connectivity index is 2.24. The maximum absolute atomic E-state index is 12.5. The molecule has 0 aliphatic carbocycles. The first-order valence-corrected chi connectivity index (χ1v) is 7.11. The molecule has 0 bridgehead atoms. The van der Waals surface area contributed by atoms with Gasteiger partial charge in [-0.05, 0) is 30.2 Å². The number of benzene rings is 2. The van der Waals surface area contributed by atoms with E-state index in [-0.39, 0.29) is 5.91 Å². The molecule has 1 amide bonds. The van der Waals surface area contributed by atoms with Crippen molar-refractivity contribution in [2.24, 2.45) is 5.73 Å². The first-order chi connectivity index (χ1) is 10.0. The van der Waals surface area contributed by atoms with Gasteiger partial charge >= 0.3 is 0 Å². The number of hydrogen-bond donors (Lipinski definition) is 1. The number of amides is 1. The molecule has 0 saturated heterocycles. The van der Waals surface area contributed by atoms with Crippen molar-refractivity contribution in [2.75, 3.05) is 11.9 Å². The van der Waals surface area contributed by atoms with Gasteiger partial charge in [0.05, 0.1) is 12.1 Å². The van der Waals surface area contributed by atoms with E-state index in [0.29, 0.717) is 17.0 Å². The van der Waals surface area contributed by atoms with Gasteiger partial charge in [0.15, 0.2) is 0 Å². The van der Waals surface area contributed by atoms with Gasteiger partial charge in [-0.25, -0.2) is 0 Å². The summed E-state index contributed by atoms with van der Waals surface area (Å²) in [4.78, 5) is 14.4. The van der Waals surface area contributed by atoms with E-state index in [9.17, 15) is 4.79 Å². The minimum absolute atomic E-state index is 0.00741. The summed E-state index contributed by atoms with van der Waals surface area (Å²) in [5.74, 6) is 0.00741. The highest BCUT2D eigenvalue weighted by atomic mass is 32.1. The Bertz CT molecular complexity index is 682. The number of aryl methyl sites for hydroxylation is 1. The molecule has 0 radical (unpaired) electrons. The molecule has 108 valence electrons. The van der Waals surface area contributed by atoms with E-state index in [2.05, 4.69) is 0 Å². The molecule has 2 N–H and O–H groups in total. The van der Waals surface area contributed by atoms with E-state index in [1.165, 1.54) is 0 Å². The molecule has 0 unspecified atom stereocenters. The molecule has 4 heteroatoms. The van der Waals surface area contributed by atoms with E-state index >= 15 is 0 Å². The van der Waals surface area contributed by atoms with Crippen molar-refractivity contribution in [1.29, 1.82) is 0 Å². The van der Waals surface area contributed by atoms with Gasteiger partial charge in [0.25, 0.3) is 0 Å². The molecule has 0 atom stereocenters. The number of para-hydroxylation sites is 1. The fourth-order valence-corrected chi connectivity index (χ4v) is 2.37. The molecule has 0 heterocycles. The zero-order valence-electron chi connectivity index (χ0n) is 12.2. The number of carbonyl (C=O) groups is 1. The molecule has 0 spiro atoms. The van der Waals surface area contributed by atoms with Gasteiger partial charge in [-0.15, -0.1) is 0 Å². The van der Waals surface area contributed by atoms with Crippen LogP contribution in [0.4, 0.5) is 5.69 Å². The van der Waals surface area contributed by atoms with Crippen molar-refractivity contribution in [3.05, 3.63) is 65.2 Å². The van der Waals surface area contributed by atoms with Crippen LogP contribution < -0.4 is 10.6 Å². The van der Waals surface area contributed by atoms with Gasteiger partial charge in [0.1, 0.15) is 4.99 Å². The molecular formula is C17H18N2OS. The number of nitrogens with zero attached hydrogens (tertiary/aromatic N) is 1. The van der Waals surface area contributed by atoms with Crippen LogP contribution in [0.2, 0.25) is 0 Å². The summed E-state index contributed by atoms with van der Waals surface area (Å²) in [5.41, 5.74) is 9.32. The normalized spacial score (nSPS) is 10.2. The SMILES string of the molecule is Cc1ccccc1CC(=O)N(C)c1ccccc1C(N)=S. The molecule has 0 aliphatic heterocycles. The number of hydrogen-bond acceptors (Lipinski definition) is 2. The molecule has 3 nitrogen and oxygen atoms in total. The summed E-state index contributed by atoms with van der Waals surface area (Å²) in [6.45, 7) is 2.01. The lowest BCUT2D eigenvalue weighted by Gasteiger charge is -2.20. The van der Waals surface area contributed by atoms with Crippen molar-refractivity contribution in [3.8, 4) is 0 Å². The molecule has 2 aromatic carbocycles. The van der Waals surface area contributed by atoms with Gasteiger partial charge in [0, 0.05) is 12.6 Å². The van der Waals surface area contributed by atoms with Crippen LogP contribution in [0.25, 0.3) is 0 Å². The number of rotatable bonds is 4. The molecule has 0 aliphatic rings. The lowest BCUT2D eigenvalue weighted by molar-refractivity contribution is -0.117. The largest absolute Gasteiger partial charge is 0.389 e. The Hall–Kier alpha value is -2.20. The topological polar surface area (TPSA) is 46.3 Å². The molecule has 2 aromatic rings. The van der Waals surface area contributed by atoms with Crippen molar-refractivity contribution in [1.82, 2.24) is 0 Å². The van der Waals surface area contributed by atoms with Crippen molar-refractivity contribution >= 4 is 28.8 Å². The lowest BCUT2D eigenvalue weighted by atomic mass is 10.0. The first-order valence-electron chi connectivity index (χ1n) is 6.70. The maximum atomic E-state index is 12.5. The Morgan fingerprint density at radius 3 is 2.43 bits per heavy atom. The standard InChI is InChI=1S/C17H18N2OS/c1-12-7-3-4-8-13(12)11-16(20)19(2)15-10-6-5-9-14(15)17(18)21/h3-10H,11H2,1-2H3,(H2,18,21). The van der Waals surface area contributed by atoms with Crippen LogP contribution >= 0.6 is 12.2 Å².